The zero-order valence-electron chi connectivity index (χ0n) is 14.0. The number of nitrogens with two attached hydrogens (primary N) is 1. The van der Waals surface area contributed by atoms with Crippen LogP contribution in [0.4, 0.5) is 0 Å². The molecule has 1 rings (SSSR count). The Hall–Kier alpha value is -1.87. The van der Waals surface area contributed by atoms with Crippen molar-refractivity contribution in [1.29, 1.82) is 0 Å². The number of sulfonamides is 1. The van der Waals surface area contributed by atoms with Crippen molar-refractivity contribution in [3.63, 3.8) is 0 Å². The van der Waals surface area contributed by atoms with Crippen LogP contribution >= 0.6 is 0 Å². The van der Waals surface area contributed by atoms with E-state index >= 15 is 0 Å². The minimum Gasteiger partial charge on any atom is -0.364 e. The van der Waals surface area contributed by atoms with E-state index in [1.807, 2.05) is 13.8 Å². The van der Waals surface area contributed by atoms with Gasteiger partial charge in [-0.05, 0) is 18.4 Å². The number of nitrogens with one attached hydrogen (secondary N) is 1. The summed E-state index contributed by atoms with van der Waals surface area (Å²) in [4.78, 5) is 24.7. The van der Waals surface area contributed by atoms with Crippen LogP contribution in [0.15, 0.2) is 17.2 Å². The number of carbonyl (C=O) groups is 2. The van der Waals surface area contributed by atoms with Gasteiger partial charge in [0.2, 0.25) is 15.9 Å². The van der Waals surface area contributed by atoms with E-state index in [2.05, 4.69) is 4.72 Å². The Morgan fingerprint density at radius 1 is 1.35 bits per heavy atom. The standard InChI is InChI=1S/C14H24N4O4S/c1-9(2)6-11(14(20)17(3)4)16-23(21,22)10-7-12(13(15)19)18(5)8-10/h7-9,11,16H,6H2,1-5H3,(H2,15,19)/t11-/m1/s1. The van der Waals surface area contributed by atoms with Gasteiger partial charge in [-0.1, -0.05) is 13.8 Å². The van der Waals surface area contributed by atoms with Crippen LogP contribution in [0.3, 0.4) is 0 Å². The zero-order chi connectivity index (χ0) is 17.9. The lowest BCUT2D eigenvalue weighted by Crippen LogP contribution is -2.46. The summed E-state index contributed by atoms with van der Waals surface area (Å²) in [7, 11) is 0.713. The minimum atomic E-state index is -3.94. The van der Waals surface area contributed by atoms with E-state index in [0.29, 0.717) is 6.42 Å². The molecule has 130 valence electrons. The fourth-order valence-electron chi connectivity index (χ4n) is 2.16. The summed E-state index contributed by atoms with van der Waals surface area (Å²) in [5.74, 6) is -0.922. The Labute approximate surface area is 136 Å². The van der Waals surface area contributed by atoms with Gasteiger partial charge in [-0.15, -0.1) is 0 Å². The van der Waals surface area contributed by atoms with Gasteiger partial charge in [0, 0.05) is 27.3 Å². The lowest BCUT2D eigenvalue weighted by molar-refractivity contribution is -0.130. The molecular weight excluding hydrogens is 320 g/mol. The smallest absolute Gasteiger partial charge is 0.265 e. The van der Waals surface area contributed by atoms with E-state index in [0.717, 1.165) is 0 Å². The summed E-state index contributed by atoms with van der Waals surface area (Å²) in [6, 6.07) is 0.323. The van der Waals surface area contributed by atoms with Crippen LogP contribution in [-0.4, -0.2) is 49.8 Å². The number of hydrogen-bond donors (Lipinski definition) is 2. The first-order valence-corrected chi connectivity index (χ1v) is 8.63. The Kier molecular flexibility index (Phi) is 5.95. The number of hydrogen-bond acceptors (Lipinski definition) is 4. The largest absolute Gasteiger partial charge is 0.364 e. The highest BCUT2D eigenvalue weighted by Crippen LogP contribution is 2.16. The second-order valence-electron chi connectivity index (χ2n) is 6.07. The van der Waals surface area contributed by atoms with Gasteiger partial charge in [-0.2, -0.15) is 4.72 Å². The number of aromatic nitrogens is 1. The molecule has 0 spiro atoms. The van der Waals surface area contributed by atoms with E-state index in [4.69, 9.17) is 5.73 Å². The molecule has 0 radical (unpaired) electrons. The molecular formula is C14H24N4O4S. The molecule has 0 aliphatic rings. The van der Waals surface area contributed by atoms with Crippen molar-refractivity contribution in [3.8, 4) is 0 Å². The van der Waals surface area contributed by atoms with Crippen molar-refractivity contribution in [2.24, 2.45) is 18.7 Å². The molecule has 1 heterocycles. The molecule has 0 aromatic carbocycles. The number of carbonyl (C=O) groups excluding carboxylic acids is 2. The lowest BCUT2D eigenvalue weighted by Gasteiger charge is -2.22. The van der Waals surface area contributed by atoms with Crippen LogP contribution in [0.25, 0.3) is 0 Å². The van der Waals surface area contributed by atoms with Gasteiger partial charge in [0.1, 0.15) is 16.6 Å². The van der Waals surface area contributed by atoms with Crippen molar-refractivity contribution in [3.05, 3.63) is 18.0 Å². The van der Waals surface area contributed by atoms with Crippen molar-refractivity contribution in [2.45, 2.75) is 31.2 Å². The molecule has 8 nitrogen and oxygen atoms in total. The predicted octanol–water partition coefficient (Wildman–Crippen LogP) is -0.0948. The zero-order valence-corrected chi connectivity index (χ0v) is 14.8. The average molecular weight is 344 g/mol. The summed E-state index contributed by atoms with van der Waals surface area (Å²) in [5.41, 5.74) is 5.26. The average Bonchev–Trinajstić information content (AvgIpc) is 2.79. The third-order valence-electron chi connectivity index (χ3n) is 3.29. The molecule has 0 aliphatic carbocycles. The number of likely N-dealkylation sites (N-methyl/N-ethyl adjacent to an activating group) is 1. The van der Waals surface area contributed by atoms with Crippen LogP contribution in [0.1, 0.15) is 30.8 Å². The van der Waals surface area contributed by atoms with Crippen molar-refractivity contribution < 1.29 is 18.0 Å². The highest BCUT2D eigenvalue weighted by atomic mass is 32.2. The molecule has 3 N–H and O–H groups in total. The van der Waals surface area contributed by atoms with Crippen LogP contribution in [-0.2, 0) is 21.9 Å². The van der Waals surface area contributed by atoms with E-state index in [-0.39, 0.29) is 22.4 Å². The summed E-state index contributed by atoms with van der Waals surface area (Å²) in [5, 5.41) is 0. The van der Waals surface area contributed by atoms with Gasteiger partial charge < -0.3 is 15.2 Å². The SMILES string of the molecule is CC(C)C[C@@H](NS(=O)(=O)c1cc(C(N)=O)n(C)c1)C(=O)N(C)C. The number of aryl methyl sites for hydroxylation is 1. The first-order valence-electron chi connectivity index (χ1n) is 7.15. The van der Waals surface area contributed by atoms with E-state index in [9.17, 15) is 18.0 Å². The van der Waals surface area contributed by atoms with Gasteiger partial charge in [0.15, 0.2) is 0 Å². The highest BCUT2D eigenvalue weighted by molar-refractivity contribution is 7.89. The molecule has 1 atom stereocenters. The van der Waals surface area contributed by atoms with Crippen molar-refractivity contribution >= 4 is 21.8 Å². The number of primary amides is 1. The Morgan fingerprint density at radius 3 is 2.30 bits per heavy atom. The first kappa shape index (κ1) is 19.2. The summed E-state index contributed by atoms with van der Waals surface area (Å²) in [6.45, 7) is 3.80. The first-order chi connectivity index (χ1) is 10.5. The monoisotopic (exact) mass is 344 g/mol. The van der Waals surface area contributed by atoms with Crippen molar-refractivity contribution in [1.82, 2.24) is 14.2 Å². The summed E-state index contributed by atoms with van der Waals surface area (Å²) in [6.07, 6.45) is 1.65. The number of amides is 2. The molecule has 23 heavy (non-hydrogen) atoms. The lowest BCUT2D eigenvalue weighted by atomic mass is 10.0. The van der Waals surface area contributed by atoms with Crippen LogP contribution in [0, 0.1) is 5.92 Å². The van der Waals surface area contributed by atoms with Crippen molar-refractivity contribution in [2.75, 3.05) is 14.1 Å². The van der Waals surface area contributed by atoms with E-state index < -0.39 is 22.0 Å². The van der Waals surface area contributed by atoms with Gasteiger partial charge in [0.25, 0.3) is 5.91 Å². The van der Waals surface area contributed by atoms with Gasteiger partial charge in [0.05, 0.1) is 0 Å². The van der Waals surface area contributed by atoms with E-state index in [1.54, 1.807) is 14.1 Å². The normalized spacial score (nSPS) is 13.1. The molecule has 0 saturated carbocycles. The molecule has 0 saturated heterocycles. The topological polar surface area (TPSA) is 114 Å². The number of nitrogens with zero attached hydrogens (tertiary/aromatic N) is 2. The molecule has 0 fully saturated rings. The fraction of sp³-hybridized carbons (Fsp3) is 0.571. The van der Waals surface area contributed by atoms with Crippen LogP contribution in [0.2, 0.25) is 0 Å². The second-order valence-corrected chi connectivity index (χ2v) is 7.79. The molecule has 1 aromatic rings. The Bertz CT molecular complexity index is 692. The quantitative estimate of drug-likeness (QED) is 0.719. The van der Waals surface area contributed by atoms with E-state index in [1.165, 1.54) is 28.8 Å². The molecule has 9 heteroatoms. The molecule has 0 bridgehead atoms. The van der Waals surface area contributed by atoms with Gasteiger partial charge in [-0.25, -0.2) is 8.42 Å². The molecule has 1 aromatic heterocycles. The third-order valence-corrected chi connectivity index (χ3v) is 4.72. The maximum absolute atomic E-state index is 12.5. The third kappa shape index (κ3) is 4.80. The summed E-state index contributed by atoms with van der Waals surface area (Å²) >= 11 is 0. The number of rotatable bonds is 7. The maximum atomic E-state index is 12.5. The Balaban J connectivity index is 3.13. The molecule has 2 amide bonds. The van der Waals surface area contributed by atoms with Crippen LogP contribution in [0.5, 0.6) is 0 Å². The van der Waals surface area contributed by atoms with Gasteiger partial charge >= 0.3 is 0 Å². The predicted molar refractivity (Wildman–Crippen MR) is 86.2 cm³/mol. The summed E-state index contributed by atoms with van der Waals surface area (Å²) < 4.78 is 28.7. The second kappa shape index (κ2) is 7.14. The Morgan fingerprint density at radius 2 is 1.91 bits per heavy atom. The van der Waals surface area contributed by atoms with Crippen LogP contribution < -0.4 is 10.5 Å². The molecule has 0 unspecified atom stereocenters. The minimum absolute atomic E-state index is 0.0738. The van der Waals surface area contributed by atoms with Gasteiger partial charge in [-0.3, -0.25) is 9.59 Å². The highest BCUT2D eigenvalue weighted by Gasteiger charge is 2.28. The maximum Gasteiger partial charge on any atom is 0.265 e. The molecule has 0 aliphatic heterocycles. The fourth-order valence-corrected chi connectivity index (χ4v) is 3.44.